The Morgan fingerprint density at radius 2 is 1.79 bits per heavy atom. The van der Waals surface area contributed by atoms with E-state index < -0.39 is 0 Å². The molecule has 4 aliphatic rings. The highest BCUT2D eigenvalue weighted by Crippen LogP contribution is 2.67. The van der Waals surface area contributed by atoms with E-state index in [1.807, 2.05) is 6.92 Å². The van der Waals surface area contributed by atoms with Gasteiger partial charge >= 0.3 is 0 Å². The molecule has 0 aromatic carbocycles. The summed E-state index contributed by atoms with van der Waals surface area (Å²) in [6.45, 7) is 9.03. The summed E-state index contributed by atoms with van der Waals surface area (Å²) in [6.07, 6.45) is 9.15. The van der Waals surface area contributed by atoms with Crippen LogP contribution in [-0.2, 0) is 4.79 Å². The molecule has 0 aliphatic heterocycles. The van der Waals surface area contributed by atoms with Gasteiger partial charge in [0.1, 0.15) is 0 Å². The minimum absolute atomic E-state index is 0.166. The first kappa shape index (κ1) is 16.8. The smallest absolute Gasteiger partial charge is 0.158 e. The number of fused-ring (bicyclic) bond motifs is 5. The molecule has 24 heavy (non-hydrogen) atoms. The van der Waals surface area contributed by atoms with Crippen LogP contribution in [-0.4, -0.2) is 17.0 Å². The van der Waals surface area contributed by atoms with Crippen LogP contribution in [0, 0.1) is 34.5 Å². The van der Waals surface area contributed by atoms with E-state index in [1.54, 1.807) is 0 Å². The fourth-order valence-electron chi connectivity index (χ4n) is 7.82. The maximum absolute atomic E-state index is 12.2. The second-order valence-corrected chi connectivity index (χ2v) is 9.83. The van der Waals surface area contributed by atoms with Gasteiger partial charge in [-0.2, -0.15) is 0 Å². The van der Waals surface area contributed by atoms with Gasteiger partial charge in [-0.25, -0.2) is 0 Å². The number of aliphatic hydroxyl groups is 1. The fourth-order valence-corrected chi connectivity index (χ4v) is 7.82. The molecule has 7 atom stereocenters. The van der Waals surface area contributed by atoms with E-state index in [-0.39, 0.29) is 11.5 Å². The van der Waals surface area contributed by atoms with Gasteiger partial charge in [0.25, 0.3) is 0 Å². The molecule has 0 saturated heterocycles. The molecule has 0 amide bonds. The quantitative estimate of drug-likeness (QED) is 0.742. The van der Waals surface area contributed by atoms with Gasteiger partial charge in [-0.15, -0.1) is 0 Å². The van der Waals surface area contributed by atoms with E-state index >= 15 is 0 Å². The Bertz CT molecular complexity index is 589. The Labute approximate surface area is 147 Å². The number of hydrogen-bond acceptors (Lipinski definition) is 2. The number of Topliss-reactive ketones (excluding diaryl/α,β-unsaturated/α-hetero) is 1. The zero-order valence-electron chi connectivity index (χ0n) is 15.9. The Kier molecular flexibility index (Phi) is 3.81. The maximum atomic E-state index is 12.2. The Balaban J connectivity index is 1.68. The average Bonchev–Trinajstić information content (AvgIpc) is 2.89. The first-order valence-electron chi connectivity index (χ1n) is 10.2. The number of allylic oxidation sites excluding steroid dienone is 1. The Hall–Kier alpha value is -0.630. The molecule has 0 spiro atoms. The summed E-state index contributed by atoms with van der Waals surface area (Å²) in [5.41, 5.74) is 3.22. The molecular formula is C22H34O2. The first-order valence-corrected chi connectivity index (χ1v) is 10.2. The first-order chi connectivity index (χ1) is 11.3. The van der Waals surface area contributed by atoms with E-state index in [0.29, 0.717) is 17.1 Å². The summed E-state index contributed by atoms with van der Waals surface area (Å²) in [6, 6.07) is 0. The third kappa shape index (κ3) is 2.08. The van der Waals surface area contributed by atoms with Gasteiger partial charge in [0.2, 0.25) is 0 Å². The van der Waals surface area contributed by atoms with Crippen molar-refractivity contribution in [3.63, 3.8) is 0 Å². The minimum Gasteiger partial charge on any atom is -0.393 e. The lowest BCUT2D eigenvalue weighted by Crippen LogP contribution is -2.51. The third-order valence-corrected chi connectivity index (χ3v) is 9.07. The van der Waals surface area contributed by atoms with E-state index in [9.17, 15) is 9.90 Å². The van der Waals surface area contributed by atoms with E-state index in [2.05, 4.69) is 20.8 Å². The van der Waals surface area contributed by atoms with Crippen molar-refractivity contribution in [2.24, 2.45) is 34.5 Å². The molecule has 1 N–H and O–H groups in total. The predicted octanol–water partition coefficient (Wildman–Crippen LogP) is 4.91. The molecule has 2 nitrogen and oxygen atoms in total. The number of ketones is 1. The third-order valence-electron chi connectivity index (χ3n) is 9.07. The van der Waals surface area contributed by atoms with Crippen molar-refractivity contribution in [2.75, 3.05) is 0 Å². The van der Waals surface area contributed by atoms with Gasteiger partial charge < -0.3 is 5.11 Å². The van der Waals surface area contributed by atoms with Crippen molar-refractivity contribution in [1.82, 2.24) is 0 Å². The maximum Gasteiger partial charge on any atom is 0.158 e. The average molecular weight is 331 g/mol. The molecule has 3 saturated carbocycles. The van der Waals surface area contributed by atoms with E-state index in [0.717, 1.165) is 42.6 Å². The van der Waals surface area contributed by atoms with Gasteiger partial charge in [0.05, 0.1) is 6.10 Å². The largest absolute Gasteiger partial charge is 0.393 e. The zero-order chi connectivity index (χ0) is 17.3. The van der Waals surface area contributed by atoms with Gasteiger partial charge in [-0.3, -0.25) is 4.79 Å². The van der Waals surface area contributed by atoms with Gasteiger partial charge in [0, 0.05) is 6.42 Å². The standard InChI is InChI=1S/C22H34O2/c1-13-16-6-5-15-18-8-7-17(14(2)23)22(18,4)11-9-19(15)21(16,3)12-10-20(13)24/h14-15,17-19,23H,5-12H2,1-4H3/t14?,15-,17+,18-,19-,21-,22+/m0/s1. The molecule has 134 valence electrons. The van der Waals surface area contributed by atoms with Crippen LogP contribution in [0.2, 0.25) is 0 Å². The molecular weight excluding hydrogens is 296 g/mol. The Morgan fingerprint density at radius 3 is 2.50 bits per heavy atom. The normalized spacial score (nSPS) is 49.5. The topological polar surface area (TPSA) is 37.3 Å². The van der Waals surface area contributed by atoms with Gasteiger partial charge in [-0.1, -0.05) is 19.4 Å². The molecule has 0 bridgehead atoms. The molecule has 0 heterocycles. The highest BCUT2D eigenvalue weighted by molar-refractivity contribution is 5.96. The van der Waals surface area contributed by atoms with Crippen molar-refractivity contribution in [3.8, 4) is 0 Å². The predicted molar refractivity (Wildman–Crippen MR) is 96.5 cm³/mol. The molecule has 0 radical (unpaired) electrons. The van der Waals surface area contributed by atoms with Gasteiger partial charge in [-0.05, 0) is 98.9 Å². The van der Waals surface area contributed by atoms with Gasteiger partial charge in [0.15, 0.2) is 5.78 Å². The SMILES string of the molecule is CC1=C2CC[C@H]3[C@@H]4CC[C@H](C(C)O)[C@@]4(C)CC[C@@H]3[C@@]2(C)CCC1=O. The van der Waals surface area contributed by atoms with Crippen LogP contribution in [0.3, 0.4) is 0 Å². The van der Waals surface area contributed by atoms with Crippen molar-refractivity contribution in [3.05, 3.63) is 11.1 Å². The number of hydrogen-bond donors (Lipinski definition) is 1. The van der Waals surface area contributed by atoms with Crippen LogP contribution in [0.25, 0.3) is 0 Å². The van der Waals surface area contributed by atoms with Crippen molar-refractivity contribution < 1.29 is 9.90 Å². The van der Waals surface area contributed by atoms with Crippen molar-refractivity contribution in [2.45, 2.75) is 85.2 Å². The van der Waals surface area contributed by atoms with Crippen molar-refractivity contribution >= 4 is 5.78 Å². The lowest BCUT2D eigenvalue weighted by Gasteiger charge is -2.58. The Morgan fingerprint density at radius 1 is 1.04 bits per heavy atom. The molecule has 1 unspecified atom stereocenters. The summed E-state index contributed by atoms with van der Waals surface area (Å²) in [5, 5.41) is 10.3. The van der Waals surface area contributed by atoms with Crippen LogP contribution < -0.4 is 0 Å². The fraction of sp³-hybridized carbons (Fsp3) is 0.864. The zero-order valence-corrected chi connectivity index (χ0v) is 15.9. The summed E-state index contributed by atoms with van der Waals surface area (Å²) in [5.74, 6) is 3.24. The minimum atomic E-state index is -0.166. The monoisotopic (exact) mass is 330 g/mol. The number of rotatable bonds is 1. The van der Waals surface area contributed by atoms with Crippen LogP contribution >= 0.6 is 0 Å². The summed E-state index contributed by atoms with van der Waals surface area (Å²) >= 11 is 0. The molecule has 0 aromatic rings. The van der Waals surface area contributed by atoms with Crippen LogP contribution in [0.4, 0.5) is 0 Å². The summed E-state index contributed by atoms with van der Waals surface area (Å²) < 4.78 is 0. The van der Waals surface area contributed by atoms with E-state index in [1.165, 1.54) is 37.7 Å². The molecule has 4 aliphatic carbocycles. The number of carbonyl (C=O) groups is 1. The molecule has 4 rings (SSSR count). The lowest BCUT2D eigenvalue weighted by atomic mass is 9.46. The van der Waals surface area contributed by atoms with E-state index in [4.69, 9.17) is 0 Å². The van der Waals surface area contributed by atoms with Crippen LogP contribution in [0.1, 0.15) is 79.1 Å². The van der Waals surface area contributed by atoms with Crippen molar-refractivity contribution in [1.29, 1.82) is 0 Å². The second-order valence-electron chi connectivity index (χ2n) is 9.83. The number of carbonyl (C=O) groups excluding carboxylic acids is 1. The highest BCUT2D eigenvalue weighted by atomic mass is 16.3. The summed E-state index contributed by atoms with van der Waals surface area (Å²) in [7, 11) is 0. The molecule has 2 heteroatoms. The second kappa shape index (κ2) is 5.43. The molecule has 3 fully saturated rings. The summed E-state index contributed by atoms with van der Waals surface area (Å²) in [4.78, 5) is 12.2. The van der Waals surface area contributed by atoms with Crippen LogP contribution in [0.5, 0.6) is 0 Å². The number of aliphatic hydroxyl groups excluding tert-OH is 1. The molecule has 0 aromatic heterocycles. The lowest BCUT2D eigenvalue weighted by molar-refractivity contribution is -0.119. The van der Waals surface area contributed by atoms with Crippen LogP contribution in [0.15, 0.2) is 11.1 Å². The highest BCUT2D eigenvalue weighted by Gasteiger charge is 2.59.